The second kappa shape index (κ2) is 4.46. The molecule has 6 heteroatoms. The molecule has 1 aromatic heterocycles. The lowest BCUT2D eigenvalue weighted by atomic mass is 10.2. The molecule has 0 aliphatic rings. The summed E-state index contributed by atoms with van der Waals surface area (Å²) in [5, 5.41) is 2.54. The van der Waals surface area contributed by atoms with E-state index >= 15 is 0 Å². The van der Waals surface area contributed by atoms with Crippen molar-refractivity contribution in [2.45, 2.75) is 25.6 Å². The minimum atomic E-state index is -4.22. The molecule has 0 amide bonds. The number of aromatic nitrogens is 1. The maximum Gasteiger partial charge on any atom is 0.391 e. The highest BCUT2D eigenvalue weighted by Gasteiger charge is 2.29. The van der Waals surface area contributed by atoms with Gasteiger partial charge in [-0.25, -0.2) is 4.98 Å². The van der Waals surface area contributed by atoms with Crippen molar-refractivity contribution in [3.63, 3.8) is 0 Å². The first-order valence-electron chi connectivity index (χ1n) is 4.31. The van der Waals surface area contributed by atoms with Crippen molar-refractivity contribution in [3.8, 4) is 0 Å². The van der Waals surface area contributed by atoms with Crippen LogP contribution in [0.2, 0.25) is 0 Å². The van der Waals surface area contributed by atoms with Crippen LogP contribution in [-0.2, 0) is 0 Å². The quantitative estimate of drug-likeness (QED) is 0.628. The van der Waals surface area contributed by atoms with E-state index in [9.17, 15) is 17.6 Å². The summed E-state index contributed by atoms with van der Waals surface area (Å²) in [6, 6.07) is 1.66. The zero-order chi connectivity index (χ0) is 11.5. The maximum absolute atomic E-state index is 12.6. The largest absolute Gasteiger partial charge is 0.391 e. The Morgan fingerprint density at radius 3 is 2.67 bits per heavy atom. The molecule has 0 aliphatic carbocycles. The summed E-state index contributed by atoms with van der Waals surface area (Å²) >= 11 is 0. The summed E-state index contributed by atoms with van der Waals surface area (Å²) in [6.45, 7) is 1.38. The van der Waals surface area contributed by atoms with Gasteiger partial charge in [0.25, 0.3) is 0 Å². The Morgan fingerprint density at radius 2 is 2.13 bits per heavy atom. The van der Waals surface area contributed by atoms with E-state index in [1.807, 2.05) is 0 Å². The molecular weight excluding hydrogens is 212 g/mol. The second-order valence-electron chi connectivity index (χ2n) is 3.23. The molecule has 0 fully saturated rings. The number of alkyl halides is 3. The first-order chi connectivity index (χ1) is 6.87. The molecule has 1 N–H and O–H groups in total. The van der Waals surface area contributed by atoms with Crippen LogP contribution in [0.5, 0.6) is 0 Å². The number of pyridine rings is 1. The van der Waals surface area contributed by atoms with E-state index in [4.69, 9.17) is 0 Å². The number of anilines is 1. The molecule has 0 bridgehead atoms. The zero-order valence-corrected chi connectivity index (χ0v) is 7.98. The van der Waals surface area contributed by atoms with Crippen LogP contribution in [-0.4, -0.2) is 17.2 Å². The van der Waals surface area contributed by atoms with Crippen molar-refractivity contribution >= 4 is 5.69 Å². The highest BCUT2D eigenvalue weighted by Crippen LogP contribution is 2.23. The zero-order valence-electron chi connectivity index (χ0n) is 7.98. The fourth-order valence-electron chi connectivity index (χ4n) is 1.17. The molecule has 1 unspecified atom stereocenters. The molecule has 0 aromatic carbocycles. The highest BCUT2D eigenvalue weighted by atomic mass is 19.4. The molecule has 0 spiro atoms. The van der Waals surface area contributed by atoms with Gasteiger partial charge in [0, 0.05) is 24.0 Å². The smallest absolute Gasteiger partial charge is 0.382 e. The minimum Gasteiger partial charge on any atom is -0.382 e. The summed E-state index contributed by atoms with van der Waals surface area (Å²) in [4.78, 5) is 3.29. The summed E-state index contributed by atoms with van der Waals surface area (Å²) in [6.07, 6.45) is -3.99. The van der Waals surface area contributed by atoms with Crippen LogP contribution in [0, 0.1) is 5.95 Å². The summed E-state index contributed by atoms with van der Waals surface area (Å²) in [5.74, 6) is -0.723. The Kier molecular flexibility index (Phi) is 3.49. The molecule has 84 valence electrons. The third-order valence-corrected chi connectivity index (χ3v) is 1.68. The SMILES string of the molecule is CC(CC(F)(F)F)Nc1ccnc(F)c1. The predicted octanol–water partition coefficient (Wildman–Crippen LogP) is 2.97. The van der Waals surface area contributed by atoms with Gasteiger partial charge in [0.1, 0.15) is 0 Å². The van der Waals surface area contributed by atoms with Crippen LogP contribution >= 0.6 is 0 Å². The van der Waals surface area contributed by atoms with E-state index in [0.29, 0.717) is 5.69 Å². The molecule has 0 radical (unpaired) electrons. The molecule has 1 rings (SSSR count). The number of rotatable bonds is 3. The summed E-state index contributed by atoms with van der Waals surface area (Å²) in [7, 11) is 0. The predicted molar refractivity (Wildman–Crippen MR) is 48.0 cm³/mol. The lowest BCUT2D eigenvalue weighted by Gasteiger charge is -2.16. The third-order valence-electron chi connectivity index (χ3n) is 1.68. The minimum absolute atomic E-state index is 0.291. The van der Waals surface area contributed by atoms with Gasteiger partial charge in [-0.2, -0.15) is 17.6 Å². The summed E-state index contributed by atoms with van der Waals surface area (Å²) < 4.78 is 48.5. The number of nitrogens with zero attached hydrogens (tertiary/aromatic N) is 1. The fourth-order valence-corrected chi connectivity index (χ4v) is 1.17. The van der Waals surface area contributed by atoms with Gasteiger partial charge in [0.15, 0.2) is 0 Å². The lowest BCUT2D eigenvalue weighted by Crippen LogP contribution is -2.23. The van der Waals surface area contributed by atoms with Crippen molar-refractivity contribution in [3.05, 3.63) is 24.3 Å². The Morgan fingerprint density at radius 1 is 1.47 bits per heavy atom. The van der Waals surface area contributed by atoms with E-state index in [1.54, 1.807) is 0 Å². The maximum atomic E-state index is 12.6. The molecule has 1 aromatic rings. The lowest BCUT2D eigenvalue weighted by molar-refractivity contribution is -0.136. The fraction of sp³-hybridized carbons (Fsp3) is 0.444. The molecule has 1 atom stereocenters. The summed E-state index contributed by atoms with van der Waals surface area (Å²) in [5.41, 5.74) is 0.291. The Labute approximate surface area is 84.3 Å². The molecule has 2 nitrogen and oxygen atoms in total. The average molecular weight is 222 g/mol. The van der Waals surface area contributed by atoms with Gasteiger partial charge in [-0.1, -0.05) is 0 Å². The second-order valence-corrected chi connectivity index (χ2v) is 3.23. The van der Waals surface area contributed by atoms with Crippen LogP contribution in [0.1, 0.15) is 13.3 Å². The first kappa shape index (κ1) is 11.7. The van der Waals surface area contributed by atoms with Gasteiger partial charge >= 0.3 is 6.18 Å². The molecule has 15 heavy (non-hydrogen) atoms. The Balaban J connectivity index is 2.55. The third kappa shape index (κ3) is 4.62. The number of halogens is 4. The molecule has 1 heterocycles. The van der Waals surface area contributed by atoms with Crippen LogP contribution in [0.25, 0.3) is 0 Å². The van der Waals surface area contributed by atoms with E-state index in [1.165, 1.54) is 19.2 Å². The first-order valence-corrected chi connectivity index (χ1v) is 4.31. The van der Waals surface area contributed by atoms with Gasteiger partial charge < -0.3 is 5.32 Å². The van der Waals surface area contributed by atoms with Gasteiger partial charge in [-0.3, -0.25) is 0 Å². The monoisotopic (exact) mass is 222 g/mol. The Hall–Kier alpha value is -1.33. The highest BCUT2D eigenvalue weighted by molar-refractivity contribution is 5.41. The standard InChI is InChI=1S/C9H10F4N2/c1-6(5-9(11,12)13)15-7-2-3-14-8(10)4-7/h2-4,6H,5H2,1H3,(H,14,15). The number of nitrogens with one attached hydrogen (secondary N) is 1. The van der Waals surface area contributed by atoms with Crippen molar-refractivity contribution in [1.82, 2.24) is 4.98 Å². The molecular formula is C9H10F4N2. The number of hydrogen-bond acceptors (Lipinski definition) is 2. The normalized spacial score (nSPS) is 13.7. The van der Waals surface area contributed by atoms with E-state index in [2.05, 4.69) is 10.3 Å². The van der Waals surface area contributed by atoms with Crippen LogP contribution in [0.4, 0.5) is 23.2 Å². The van der Waals surface area contributed by atoms with Crippen molar-refractivity contribution in [2.24, 2.45) is 0 Å². The van der Waals surface area contributed by atoms with Gasteiger partial charge in [0.05, 0.1) is 6.42 Å². The molecule has 0 aliphatic heterocycles. The van der Waals surface area contributed by atoms with Gasteiger partial charge in [0.2, 0.25) is 5.95 Å². The van der Waals surface area contributed by atoms with Crippen molar-refractivity contribution < 1.29 is 17.6 Å². The molecule has 0 saturated heterocycles. The van der Waals surface area contributed by atoms with Crippen LogP contribution in [0.3, 0.4) is 0 Å². The van der Waals surface area contributed by atoms with E-state index in [-0.39, 0.29) is 0 Å². The van der Waals surface area contributed by atoms with Gasteiger partial charge in [-0.05, 0) is 13.0 Å². The van der Waals surface area contributed by atoms with Crippen LogP contribution in [0.15, 0.2) is 18.3 Å². The Bertz CT molecular complexity index is 324. The van der Waals surface area contributed by atoms with E-state index < -0.39 is 24.6 Å². The number of hydrogen-bond donors (Lipinski definition) is 1. The average Bonchev–Trinajstić information content (AvgIpc) is 1.99. The van der Waals surface area contributed by atoms with Crippen molar-refractivity contribution in [2.75, 3.05) is 5.32 Å². The topological polar surface area (TPSA) is 24.9 Å². The van der Waals surface area contributed by atoms with Crippen LogP contribution < -0.4 is 5.32 Å². The molecule has 0 saturated carbocycles. The van der Waals surface area contributed by atoms with Gasteiger partial charge in [-0.15, -0.1) is 0 Å². The van der Waals surface area contributed by atoms with Crippen molar-refractivity contribution in [1.29, 1.82) is 0 Å². The van der Waals surface area contributed by atoms with E-state index in [0.717, 1.165) is 6.07 Å².